The predicted molar refractivity (Wildman–Crippen MR) is 226 cm³/mol. The first-order valence-electron chi connectivity index (χ1n) is 20.4. The molecule has 0 atom stereocenters. The second-order valence-corrected chi connectivity index (χ2v) is 20.4. The van der Waals surface area contributed by atoms with Crippen LogP contribution in [0, 0.1) is 24.4 Å². The van der Waals surface area contributed by atoms with Crippen molar-refractivity contribution in [3.05, 3.63) is 163 Å². The Labute approximate surface area is 341 Å². The number of hydrogen-bond donors (Lipinski definition) is 0. The molecular formula is C49H46IrN2OSi-2. The van der Waals surface area contributed by atoms with Crippen LogP contribution in [0.1, 0.15) is 38.8 Å². The molecule has 0 aliphatic heterocycles. The molecule has 3 heterocycles. The first-order chi connectivity index (χ1) is 27.4. The quantitative estimate of drug-likeness (QED) is 0.123. The Morgan fingerprint density at radius 1 is 0.741 bits per heavy atom. The smallest absolute Gasteiger partial charge is 0.121 e. The summed E-state index contributed by atoms with van der Waals surface area (Å²) in [4.78, 5) is 9.14. The standard InChI is InChI=1S/C28H24NO.C21H22NSi.Ir/c1-28(2,3)18-19-14-15-29-25(16-19)24-11-7-10-23-22-13-12-21(17-26(22)30-27(23)24)20-8-5-4-6-9-20;1-16-10-11-18(14-20(16)17-8-6-5-7-9-17)21-13-12-19(15-22-21)23(2,3)4;/h4-10,12-17H,18H2,1-3H3;5-10,12-15H,1-4H3;/q2*-1;/i18D2;1D3;. The van der Waals surface area contributed by atoms with E-state index in [-0.39, 0.29) is 20.1 Å². The molecule has 5 heteroatoms. The van der Waals surface area contributed by atoms with E-state index in [0.29, 0.717) is 28.0 Å². The fourth-order valence-corrected chi connectivity index (χ4v) is 7.35. The van der Waals surface area contributed by atoms with Crippen molar-refractivity contribution in [1.82, 2.24) is 9.97 Å². The Balaban J connectivity index is 0.000000199. The molecule has 8 aromatic rings. The fraction of sp³-hybridized carbons (Fsp3) is 0.184. The number of aromatic nitrogens is 2. The number of benzene rings is 5. The van der Waals surface area contributed by atoms with Crippen LogP contribution in [0.25, 0.3) is 66.7 Å². The molecule has 0 saturated heterocycles. The van der Waals surface area contributed by atoms with Gasteiger partial charge in [-0.3, -0.25) is 0 Å². The minimum absolute atomic E-state index is 0. The molecule has 0 amide bonds. The summed E-state index contributed by atoms with van der Waals surface area (Å²) in [6.45, 7) is 10.4. The Morgan fingerprint density at radius 3 is 2.15 bits per heavy atom. The average Bonchev–Trinajstić information content (AvgIpc) is 3.59. The van der Waals surface area contributed by atoms with Gasteiger partial charge in [-0.1, -0.05) is 160 Å². The van der Waals surface area contributed by atoms with Crippen LogP contribution in [-0.4, -0.2) is 18.0 Å². The van der Waals surface area contributed by atoms with Crippen LogP contribution in [0.4, 0.5) is 0 Å². The molecule has 8 rings (SSSR count). The van der Waals surface area contributed by atoms with E-state index < -0.39 is 26.7 Å². The van der Waals surface area contributed by atoms with Crippen LogP contribution >= 0.6 is 0 Å². The van der Waals surface area contributed by atoms with Gasteiger partial charge in [0.15, 0.2) is 0 Å². The van der Waals surface area contributed by atoms with Crippen molar-refractivity contribution in [2.75, 3.05) is 0 Å². The van der Waals surface area contributed by atoms with Gasteiger partial charge in [0.25, 0.3) is 0 Å². The maximum atomic E-state index is 8.64. The van der Waals surface area contributed by atoms with E-state index in [1.807, 2.05) is 106 Å². The summed E-state index contributed by atoms with van der Waals surface area (Å²) in [7, 11) is -1.40. The van der Waals surface area contributed by atoms with Crippen LogP contribution < -0.4 is 5.19 Å². The maximum absolute atomic E-state index is 8.64. The summed E-state index contributed by atoms with van der Waals surface area (Å²) in [5.41, 5.74) is 8.72. The van der Waals surface area contributed by atoms with Crippen molar-refractivity contribution in [1.29, 1.82) is 0 Å². The molecule has 5 aromatic carbocycles. The van der Waals surface area contributed by atoms with Crippen LogP contribution in [0.2, 0.25) is 19.6 Å². The van der Waals surface area contributed by atoms with E-state index >= 15 is 0 Å². The average molecular weight is 904 g/mol. The van der Waals surface area contributed by atoms with Gasteiger partial charge < -0.3 is 14.4 Å². The van der Waals surface area contributed by atoms with E-state index in [4.69, 9.17) is 11.3 Å². The molecule has 3 nitrogen and oxygen atoms in total. The van der Waals surface area contributed by atoms with E-state index in [1.54, 1.807) is 18.3 Å². The topological polar surface area (TPSA) is 38.9 Å². The summed E-state index contributed by atoms with van der Waals surface area (Å²) in [6.07, 6.45) is 2.10. The molecule has 0 aliphatic carbocycles. The van der Waals surface area contributed by atoms with Gasteiger partial charge in [0.05, 0.1) is 13.7 Å². The number of pyridine rings is 2. The summed E-state index contributed by atoms with van der Waals surface area (Å²) in [5, 5.41) is 3.33. The molecule has 54 heavy (non-hydrogen) atoms. The molecule has 0 aliphatic rings. The molecule has 1 radical (unpaired) electrons. The van der Waals surface area contributed by atoms with Crippen molar-refractivity contribution in [3.63, 3.8) is 0 Å². The minimum Gasteiger partial charge on any atom is -0.501 e. The van der Waals surface area contributed by atoms with Gasteiger partial charge in [0.2, 0.25) is 0 Å². The third-order valence-corrected chi connectivity index (χ3v) is 11.0. The number of nitrogens with zero attached hydrogens (tertiary/aromatic N) is 2. The van der Waals surface area contributed by atoms with Gasteiger partial charge in [-0.15, -0.1) is 47.5 Å². The van der Waals surface area contributed by atoms with Gasteiger partial charge >= 0.3 is 0 Å². The zero-order valence-corrected chi connectivity index (χ0v) is 34.8. The monoisotopic (exact) mass is 904 g/mol. The van der Waals surface area contributed by atoms with Crippen molar-refractivity contribution in [2.45, 2.75) is 53.6 Å². The fourth-order valence-electron chi connectivity index (χ4n) is 6.31. The molecule has 0 spiro atoms. The van der Waals surface area contributed by atoms with Gasteiger partial charge in [0, 0.05) is 44.7 Å². The second-order valence-electron chi connectivity index (χ2n) is 15.3. The number of aryl methyl sites for hydroxylation is 1. The van der Waals surface area contributed by atoms with Gasteiger partial charge in [-0.05, 0) is 57.2 Å². The minimum atomic E-state index is -2.19. The van der Waals surface area contributed by atoms with Crippen molar-refractivity contribution < 1.29 is 31.4 Å². The zero-order chi connectivity index (χ0) is 41.5. The summed E-state index contributed by atoms with van der Waals surface area (Å²) in [6, 6.07) is 47.5. The number of rotatable bonds is 6. The Hall–Kier alpha value is -4.93. The van der Waals surface area contributed by atoms with Crippen molar-refractivity contribution >= 4 is 35.2 Å². The van der Waals surface area contributed by atoms with Gasteiger partial charge in [0.1, 0.15) is 5.58 Å². The van der Waals surface area contributed by atoms with E-state index in [2.05, 4.69) is 78.1 Å². The molecule has 0 saturated carbocycles. The van der Waals surface area contributed by atoms with Crippen molar-refractivity contribution in [2.24, 2.45) is 5.41 Å². The number of furan rings is 1. The molecule has 0 N–H and O–H groups in total. The Morgan fingerprint density at radius 2 is 1.48 bits per heavy atom. The Kier molecular flexibility index (Phi) is 9.75. The normalized spacial score (nSPS) is 13.4. The van der Waals surface area contributed by atoms with Crippen molar-refractivity contribution in [3.8, 4) is 44.8 Å². The second kappa shape index (κ2) is 16.2. The van der Waals surface area contributed by atoms with Crippen LogP contribution in [0.3, 0.4) is 0 Å². The molecule has 273 valence electrons. The summed E-state index contributed by atoms with van der Waals surface area (Å²) >= 11 is 0. The third-order valence-electron chi connectivity index (χ3n) is 9.02. The van der Waals surface area contributed by atoms with Gasteiger partial charge in [-0.2, -0.15) is 0 Å². The third kappa shape index (κ3) is 8.88. The predicted octanol–water partition coefficient (Wildman–Crippen LogP) is 12.8. The molecular weight excluding hydrogens is 853 g/mol. The van der Waals surface area contributed by atoms with Crippen LogP contribution in [-0.2, 0) is 26.5 Å². The summed E-state index contributed by atoms with van der Waals surface area (Å²) < 4.78 is 47.1. The summed E-state index contributed by atoms with van der Waals surface area (Å²) in [5.74, 6) is 0. The van der Waals surface area contributed by atoms with Crippen LogP contribution in [0.15, 0.2) is 144 Å². The molecule has 3 aromatic heterocycles. The van der Waals surface area contributed by atoms with E-state index in [0.717, 1.165) is 49.9 Å². The SMILES string of the molecule is [2H]C([2H])([2H])c1c[c-]c(-c2ccc([Si](C)(C)C)cn2)cc1-c1ccccc1.[2H]C([2H])(c1ccnc(-c2[c-]ccc3c2oc2cc(-c4ccccc4)ccc23)c1)C(C)(C)C.[Ir]. The molecule has 0 bridgehead atoms. The number of hydrogen-bond acceptors (Lipinski definition) is 3. The zero-order valence-electron chi connectivity index (χ0n) is 36.4. The maximum Gasteiger partial charge on any atom is 0.121 e. The first-order valence-corrected chi connectivity index (χ1v) is 21.4. The van der Waals surface area contributed by atoms with E-state index in [9.17, 15) is 0 Å². The Bertz CT molecular complexity index is 2700. The van der Waals surface area contributed by atoms with Crippen LogP contribution in [0.5, 0.6) is 0 Å². The molecule has 0 fully saturated rings. The van der Waals surface area contributed by atoms with E-state index in [1.165, 1.54) is 5.19 Å². The largest absolute Gasteiger partial charge is 0.501 e. The number of fused-ring (bicyclic) bond motifs is 3. The van der Waals surface area contributed by atoms with Gasteiger partial charge in [-0.25, -0.2) is 0 Å². The molecule has 0 unspecified atom stereocenters. The first kappa shape index (κ1) is 32.5.